The second-order valence-corrected chi connectivity index (χ2v) is 4.20. The summed E-state index contributed by atoms with van der Waals surface area (Å²) in [5, 5.41) is 0. The van der Waals surface area contributed by atoms with Gasteiger partial charge in [-0.2, -0.15) is 9.58 Å². The summed E-state index contributed by atoms with van der Waals surface area (Å²) in [4.78, 5) is 6.34. The van der Waals surface area contributed by atoms with Crippen molar-refractivity contribution >= 4 is 11.4 Å². The molecular formula is C14H12N4. The highest BCUT2D eigenvalue weighted by molar-refractivity contribution is 6.04. The van der Waals surface area contributed by atoms with E-state index in [1.54, 1.807) is 12.2 Å². The molecule has 0 saturated heterocycles. The van der Waals surface area contributed by atoms with E-state index in [0.29, 0.717) is 11.4 Å². The number of nitrogens with zero attached hydrogens (tertiary/aromatic N) is 4. The Bertz CT molecular complexity index is 598. The molecule has 18 heavy (non-hydrogen) atoms. The van der Waals surface area contributed by atoms with Crippen LogP contribution in [0.15, 0.2) is 58.7 Å². The molecule has 4 heteroatoms. The molecule has 0 saturated carbocycles. The predicted octanol–water partition coefficient (Wildman–Crippen LogP) is 2.66. The minimum absolute atomic E-state index is 0.538. The normalized spacial score (nSPS) is 22.3. The number of hydrogen-bond donors (Lipinski definition) is 0. The van der Waals surface area contributed by atoms with Crippen molar-refractivity contribution in [2.75, 3.05) is 0 Å². The molecule has 0 bridgehead atoms. The lowest BCUT2D eigenvalue weighted by Gasteiger charge is -2.13. The third kappa shape index (κ3) is 2.11. The second-order valence-electron chi connectivity index (χ2n) is 4.20. The van der Waals surface area contributed by atoms with E-state index >= 15 is 0 Å². The monoisotopic (exact) mass is 236 g/mol. The van der Waals surface area contributed by atoms with Gasteiger partial charge in [-0.15, -0.1) is 0 Å². The Morgan fingerprint density at radius 1 is 0.722 bits per heavy atom. The average molecular weight is 236 g/mol. The molecule has 0 spiro atoms. The molecule has 0 radical (unpaired) electrons. The topological polar surface area (TPSA) is 72.8 Å². The molecule has 0 aliphatic heterocycles. The van der Waals surface area contributed by atoms with Gasteiger partial charge in [-0.3, -0.25) is 0 Å². The first-order valence-corrected chi connectivity index (χ1v) is 5.57. The summed E-state index contributed by atoms with van der Waals surface area (Å²) in [7, 11) is 0. The van der Waals surface area contributed by atoms with Crippen molar-refractivity contribution in [3.63, 3.8) is 0 Å². The molecule has 0 aromatic rings. The van der Waals surface area contributed by atoms with E-state index in [-0.39, 0.29) is 0 Å². The fraction of sp³-hybridized carbons (Fsp3) is 0.143. The van der Waals surface area contributed by atoms with Crippen molar-refractivity contribution < 1.29 is 9.58 Å². The lowest BCUT2D eigenvalue weighted by Crippen LogP contribution is -2.05. The predicted molar refractivity (Wildman–Crippen MR) is 70.1 cm³/mol. The van der Waals surface area contributed by atoms with Gasteiger partial charge in [0.05, 0.1) is 0 Å². The lowest BCUT2D eigenvalue weighted by molar-refractivity contribution is -0.00211. The summed E-state index contributed by atoms with van der Waals surface area (Å²) in [5.41, 5.74) is 22.7. The third-order valence-electron chi connectivity index (χ3n) is 2.94. The summed E-state index contributed by atoms with van der Waals surface area (Å²) < 4.78 is 0. The molecule has 88 valence electrons. The highest BCUT2D eigenvalue weighted by Gasteiger charge is 2.17. The molecule has 4 nitrogen and oxygen atoms in total. The van der Waals surface area contributed by atoms with Gasteiger partial charge < -0.3 is 11.1 Å². The lowest BCUT2D eigenvalue weighted by atomic mass is 9.89. The zero-order valence-electron chi connectivity index (χ0n) is 10.3. The van der Waals surface area contributed by atoms with Crippen molar-refractivity contribution in [3.8, 4) is 0 Å². The Morgan fingerprint density at radius 2 is 1.11 bits per heavy atom. The van der Waals surface area contributed by atoms with Crippen LogP contribution in [0.1, 0.15) is 13.8 Å². The zero-order valence-corrected chi connectivity index (χ0v) is 10.3. The van der Waals surface area contributed by atoms with Gasteiger partial charge in [-0.05, 0) is 48.3 Å². The van der Waals surface area contributed by atoms with Crippen LogP contribution in [-0.2, 0) is 0 Å². The summed E-state index contributed by atoms with van der Waals surface area (Å²) >= 11 is 0. The summed E-state index contributed by atoms with van der Waals surface area (Å²) in [6.07, 6.45) is 11.0. The Morgan fingerprint density at radius 3 is 1.39 bits per heavy atom. The van der Waals surface area contributed by atoms with Crippen LogP contribution in [0.4, 0.5) is 0 Å². The molecule has 0 unspecified atom stereocenters. The largest absolute Gasteiger partial charge is 0.361 e. The van der Waals surface area contributed by atoms with Crippen LogP contribution >= 0.6 is 0 Å². The Kier molecular flexibility index (Phi) is 3.16. The SMILES string of the molecule is CC1=CC(=[N+]=[N-])C=CC1=C1C=CC(=[N+]=[N-])C=C1C. The first-order chi connectivity index (χ1) is 8.65. The molecule has 0 N–H and O–H groups in total. The Balaban J connectivity index is 2.53. The molecule has 2 aliphatic rings. The molecule has 2 aliphatic carbocycles. The molecule has 0 amide bonds. The van der Waals surface area contributed by atoms with Crippen LogP contribution in [-0.4, -0.2) is 21.0 Å². The Labute approximate surface area is 105 Å². The number of hydrogen-bond acceptors (Lipinski definition) is 0. The number of allylic oxidation sites excluding steroid dienone is 10. The molecule has 2 rings (SSSR count). The van der Waals surface area contributed by atoms with Crippen LogP contribution in [0, 0.1) is 0 Å². The van der Waals surface area contributed by atoms with Gasteiger partial charge in [0, 0.05) is 24.3 Å². The van der Waals surface area contributed by atoms with Crippen LogP contribution < -0.4 is 0 Å². The maximum Gasteiger partial charge on any atom is 0.315 e. The quantitative estimate of drug-likeness (QED) is 0.458. The maximum absolute atomic E-state index is 8.73. The van der Waals surface area contributed by atoms with Crippen molar-refractivity contribution in [2.45, 2.75) is 13.8 Å². The molecular weight excluding hydrogens is 224 g/mol. The van der Waals surface area contributed by atoms with E-state index < -0.39 is 0 Å². The highest BCUT2D eigenvalue weighted by atomic mass is 14.9. The molecule has 0 aromatic heterocycles. The minimum Gasteiger partial charge on any atom is -0.361 e. The summed E-state index contributed by atoms with van der Waals surface area (Å²) in [6, 6.07) is 0. The van der Waals surface area contributed by atoms with E-state index in [9.17, 15) is 0 Å². The van der Waals surface area contributed by atoms with Crippen molar-refractivity contribution in [3.05, 3.63) is 69.8 Å². The van der Waals surface area contributed by atoms with Gasteiger partial charge >= 0.3 is 11.4 Å². The fourth-order valence-electron chi connectivity index (χ4n) is 2.02. The minimum atomic E-state index is 0.538. The standard InChI is InChI=1S/C14H12N4/c1-9-7-11(17-15)3-5-13(9)14-6-4-12(18-16)8-10(14)2/h3-8H,1-2H3. The van der Waals surface area contributed by atoms with Gasteiger partial charge in [0.15, 0.2) is 0 Å². The van der Waals surface area contributed by atoms with Gasteiger partial charge in [0.25, 0.3) is 0 Å². The van der Waals surface area contributed by atoms with Crippen LogP contribution in [0.2, 0.25) is 0 Å². The summed E-state index contributed by atoms with van der Waals surface area (Å²) in [5.74, 6) is 0. The molecule has 0 heterocycles. The smallest absolute Gasteiger partial charge is 0.315 e. The van der Waals surface area contributed by atoms with E-state index in [0.717, 1.165) is 22.3 Å². The number of rotatable bonds is 0. The van der Waals surface area contributed by atoms with Crippen molar-refractivity contribution in [2.24, 2.45) is 0 Å². The molecule has 0 aromatic carbocycles. The van der Waals surface area contributed by atoms with Gasteiger partial charge in [0.2, 0.25) is 0 Å². The van der Waals surface area contributed by atoms with Crippen LogP contribution in [0.3, 0.4) is 0 Å². The van der Waals surface area contributed by atoms with Gasteiger partial charge in [-0.25, -0.2) is 0 Å². The van der Waals surface area contributed by atoms with Crippen LogP contribution in [0.5, 0.6) is 0 Å². The maximum atomic E-state index is 8.73. The summed E-state index contributed by atoms with van der Waals surface area (Å²) in [6.45, 7) is 3.93. The van der Waals surface area contributed by atoms with E-state index in [1.165, 1.54) is 0 Å². The van der Waals surface area contributed by atoms with Crippen molar-refractivity contribution in [1.82, 2.24) is 0 Å². The third-order valence-corrected chi connectivity index (χ3v) is 2.94. The fourth-order valence-corrected chi connectivity index (χ4v) is 2.02. The van der Waals surface area contributed by atoms with Crippen LogP contribution in [0.25, 0.3) is 11.1 Å². The van der Waals surface area contributed by atoms with Crippen molar-refractivity contribution in [1.29, 1.82) is 0 Å². The van der Waals surface area contributed by atoms with Gasteiger partial charge in [-0.1, -0.05) is 0 Å². The molecule has 0 fully saturated rings. The average Bonchev–Trinajstić information content (AvgIpc) is 2.39. The van der Waals surface area contributed by atoms with E-state index in [2.05, 4.69) is 9.58 Å². The van der Waals surface area contributed by atoms with Gasteiger partial charge in [0.1, 0.15) is 0 Å². The zero-order chi connectivity index (χ0) is 13.1. The molecule has 0 atom stereocenters. The second kappa shape index (κ2) is 4.76. The first-order valence-electron chi connectivity index (χ1n) is 5.57. The van der Waals surface area contributed by atoms with E-state index in [1.807, 2.05) is 38.2 Å². The highest BCUT2D eigenvalue weighted by Crippen LogP contribution is 2.27. The Hall–Kier alpha value is -2.54. The first kappa shape index (κ1) is 11.9. The van der Waals surface area contributed by atoms with E-state index in [4.69, 9.17) is 11.1 Å².